The molecule has 1 aromatic rings. The Kier molecular flexibility index (Phi) is 4.55. The van der Waals surface area contributed by atoms with Gasteiger partial charge < -0.3 is 11.7 Å². The molecule has 0 bridgehead atoms. The molecule has 7 heteroatoms. The van der Waals surface area contributed by atoms with E-state index < -0.39 is 7.82 Å². The van der Waals surface area contributed by atoms with Crippen LogP contribution < -0.4 is 29.1 Å². The molecule has 0 aliphatic heterocycles. The quantitative estimate of drug-likeness (QED) is 0.285. The van der Waals surface area contributed by atoms with Crippen molar-refractivity contribution in [2.75, 3.05) is 5.73 Å². The third kappa shape index (κ3) is 4.99. The summed E-state index contributed by atoms with van der Waals surface area (Å²) >= 11 is 0. The van der Waals surface area contributed by atoms with Gasteiger partial charge in [-0.25, -0.2) is 4.57 Å². The SMILES string of the molecule is Nc1ccc(OP(=O)(O)O)cc1.[H-].[Li+]. The largest absolute Gasteiger partial charge is 1.00 e. The number of hydrogen-bond donors (Lipinski definition) is 3. The van der Waals surface area contributed by atoms with E-state index in [2.05, 4.69) is 4.52 Å². The minimum atomic E-state index is -4.44. The number of nitrogen functional groups attached to an aromatic ring is 1. The van der Waals surface area contributed by atoms with Gasteiger partial charge in [0.15, 0.2) is 0 Å². The van der Waals surface area contributed by atoms with Gasteiger partial charge in [0.25, 0.3) is 0 Å². The van der Waals surface area contributed by atoms with Gasteiger partial charge in [0, 0.05) is 5.69 Å². The van der Waals surface area contributed by atoms with Crippen molar-refractivity contribution < 1.29 is 39.2 Å². The maximum Gasteiger partial charge on any atom is 1.00 e. The molecule has 1 aromatic carbocycles. The molecule has 5 nitrogen and oxygen atoms in total. The molecule has 0 aliphatic carbocycles. The van der Waals surface area contributed by atoms with Crippen molar-refractivity contribution in [1.29, 1.82) is 0 Å². The van der Waals surface area contributed by atoms with E-state index in [0.29, 0.717) is 5.69 Å². The molecule has 13 heavy (non-hydrogen) atoms. The molecule has 0 amide bonds. The molecule has 0 aliphatic rings. The van der Waals surface area contributed by atoms with Crippen LogP contribution in [0.1, 0.15) is 1.43 Å². The van der Waals surface area contributed by atoms with Gasteiger partial charge >= 0.3 is 26.7 Å². The van der Waals surface area contributed by atoms with Crippen LogP contribution in [0, 0.1) is 0 Å². The monoisotopic (exact) mass is 197 g/mol. The van der Waals surface area contributed by atoms with E-state index in [0.717, 1.165) is 0 Å². The van der Waals surface area contributed by atoms with Crippen molar-refractivity contribution in [3.63, 3.8) is 0 Å². The first-order valence-corrected chi connectivity index (χ1v) is 4.61. The van der Waals surface area contributed by atoms with E-state index in [4.69, 9.17) is 15.5 Å². The van der Waals surface area contributed by atoms with E-state index in [1.807, 2.05) is 0 Å². The molecule has 0 heterocycles. The van der Waals surface area contributed by atoms with Gasteiger partial charge in [-0.15, -0.1) is 0 Å². The van der Waals surface area contributed by atoms with Crippen LogP contribution in [-0.4, -0.2) is 9.79 Å². The maximum atomic E-state index is 10.3. The summed E-state index contributed by atoms with van der Waals surface area (Å²) in [6.07, 6.45) is 0. The Morgan fingerprint density at radius 2 is 1.77 bits per heavy atom. The minimum absolute atomic E-state index is 0. The number of benzene rings is 1. The fourth-order valence-electron chi connectivity index (χ4n) is 0.666. The van der Waals surface area contributed by atoms with Gasteiger partial charge in [-0.1, -0.05) is 0 Å². The molecule has 4 N–H and O–H groups in total. The fraction of sp³-hybridized carbons (Fsp3) is 0. The van der Waals surface area contributed by atoms with Crippen molar-refractivity contribution >= 4 is 13.5 Å². The molecule has 0 atom stereocenters. The molecule has 1 rings (SSSR count). The number of anilines is 1. The summed E-state index contributed by atoms with van der Waals surface area (Å²) in [6, 6.07) is 5.75. The average Bonchev–Trinajstić information content (AvgIpc) is 1.91. The van der Waals surface area contributed by atoms with Crippen LogP contribution >= 0.6 is 7.82 Å². The van der Waals surface area contributed by atoms with E-state index in [1.165, 1.54) is 24.3 Å². The Morgan fingerprint density at radius 1 is 1.31 bits per heavy atom. The molecule has 68 valence electrons. The number of phosphoric acid groups is 1. The Balaban J connectivity index is 0. The zero-order valence-electron chi connectivity index (χ0n) is 8.04. The molecule has 0 saturated heterocycles. The smallest absolute Gasteiger partial charge is 1.00 e. The fourth-order valence-corrected chi connectivity index (χ4v) is 1.06. The van der Waals surface area contributed by atoms with Gasteiger partial charge in [0.05, 0.1) is 0 Å². The van der Waals surface area contributed by atoms with E-state index >= 15 is 0 Å². The van der Waals surface area contributed by atoms with Crippen LogP contribution in [0.15, 0.2) is 24.3 Å². The first-order valence-electron chi connectivity index (χ1n) is 3.08. The summed E-state index contributed by atoms with van der Waals surface area (Å²) in [6.45, 7) is 0. The Labute approximate surface area is 88.8 Å². The van der Waals surface area contributed by atoms with Crippen LogP contribution in [0.25, 0.3) is 0 Å². The maximum absolute atomic E-state index is 10.3. The summed E-state index contributed by atoms with van der Waals surface area (Å²) in [7, 11) is -4.44. The Morgan fingerprint density at radius 3 is 2.15 bits per heavy atom. The predicted octanol–water partition coefficient (Wildman–Crippen LogP) is -2.14. The number of phosphoric ester groups is 1. The normalized spacial score (nSPS) is 10.3. The molecular weight excluding hydrogens is 188 g/mol. The molecule has 0 radical (unpaired) electrons. The Bertz CT molecular complexity index is 314. The first kappa shape index (κ1) is 12.6. The summed E-state index contributed by atoms with van der Waals surface area (Å²) in [5.41, 5.74) is 5.85. The molecule has 0 aromatic heterocycles. The van der Waals surface area contributed by atoms with Gasteiger partial charge in [-0.3, -0.25) is 9.79 Å². The summed E-state index contributed by atoms with van der Waals surface area (Å²) in [5, 5.41) is 0. The minimum Gasteiger partial charge on any atom is -1.00 e. The standard InChI is InChI=1S/C6H8NO4P.Li.H/c7-5-1-3-6(4-2-5)11-12(8,9)10;;/h1-4H,7H2,(H2,8,9,10);;/q;+1;-1. The number of nitrogens with two attached hydrogens (primary N) is 1. The summed E-state index contributed by atoms with van der Waals surface area (Å²) in [5.74, 6) is 0.0949. The molecule has 0 saturated carbocycles. The Hall–Kier alpha value is -0.433. The second kappa shape index (κ2) is 4.71. The second-order valence-corrected chi connectivity index (χ2v) is 3.31. The first-order chi connectivity index (χ1) is 5.47. The van der Waals surface area contributed by atoms with E-state index in [-0.39, 0.29) is 26.0 Å². The van der Waals surface area contributed by atoms with Crippen LogP contribution in [0.2, 0.25) is 0 Å². The number of hydrogen-bond acceptors (Lipinski definition) is 3. The van der Waals surface area contributed by atoms with Crippen LogP contribution in [0.3, 0.4) is 0 Å². The van der Waals surface area contributed by atoms with Crippen LogP contribution in [0.5, 0.6) is 5.75 Å². The van der Waals surface area contributed by atoms with Gasteiger partial charge in [0.2, 0.25) is 0 Å². The van der Waals surface area contributed by atoms with Gasteiger partial charge in [-0.2, -0.15) is 0 Å². The third-order valence-corrected chi connectivity index (χ3v) is 1.55. The van der Waals surface area contributed by atoms with Crippen molar-refractivity contribution in [1.82, 2.24) is 0 Å². The molecule has 0 spiro atoms. The van der Waals surface area contributed by atoms with E-state index in [9.17, 15) is 4.57 Å². The molecule has 0 fully saturated rings. The number of rotatable bonds is 2. The molecule has 0 unspecified atom stereocenters. The van der Waals surface area contributed by atoms with Crippen molar-refractivity contribution in [3.05, 3.63) is 24.3 Å². The van der Waals surface area contributed by atoms with Crippen LogP contribution in [-0.2, 0) is 4.57 Å². The summed E-state index contributed by atoms with van der Waals surface area (Å²) in [4.78, 5) is 16.8. The zero-order valence-corrected chi connectivity index (χ0v) is 7.94. The van der Waals surface area contributed by atoms with Gasteiger partial charge in [0.1, 0.15) is 5.75 Å². The van der Waals surface area contributed by atoms with Crippen molar-refractivity contribution in [2.24, 2.45) is 0 Å². The van der Waals surface area contributed by atoms with Crippen molar-refractivity contribution in [2.45, 2.75) is 0 Å². The third-order valence-electron chi connectivity index (χ3n) is 1.10. The topological polar surface area (TPSA) is 92.8 Å². The van der Waals surface area contributed by atoms with Gasteiger partial charge in [-0.05, 0) is 24.3 Å². The van der Waals surface area contributed by atoms with Crippen molar-refractivity contribution in [3.8, 4) is 5.75 Å². The average molecular weight is 197 g/mol. The molecular formula is C6H9LiNO4P. The second-order valence-electron chi connectivity index (χ2n) is 2.15. The predicted molar refractivity (Wildman–Crippen MR) is 44.6 cm³/mol. The van der Waals surface area contributed by atoms with E-state index in [1.54, 1.807) is 0 Å². The summed E-state index contributed by atoms with van der Waals surface area (Å²) < 4.78 is 14.6. The van der Waals surface area contributed by atoms with Crippen LogP contribution in [0.4, 0.5) is 5.69 Å². The zero-order chi connectivity index (χ0) is 9.19.